The van der Waals surface area contributed by atoms with E-state index in [2.05, 4.69) is 11.8 Å². The number of hydrogen-bond donors (Lipinski definition) is 1. The largest absolute Gasteiger partial charge is 0.384 e. The van der Waals surface area contributed by atoms with Crippen LogP contribution in [0.3, 0.4) is 0 Å². The van der Waals surface area contributed by atoms with Gasteiger partial charge in [0.2, 0.25) is 0 Å². The van der Waals surface area contributed by atoms with Gasteiger partial charge < -0.3 is 14.6 Å². The molecule has 4 heteroatoms. The molecule has 0 aliphatic heterocycles. The third kappa shape index (κ3) is 5.70. The first-order valence-corrected chi connectivity index (χ1v) is 6.49. The van der Waals surface area contributed by atoms with Crippen molar-refractivity contribution >= 4 is 0 Å². The minimum Gasteiger partial charge on any atom is -0.384 e. The van der Waals surface area contributed by atoms with Crippen LogP contribution >= 0.6 is 0 Å². The molecule has 110 valence electrons. The first kappa shape index (κ1) is 16.6. The maximum Gasteiger partial charge on any atom is 0.124 e. The summed E-state index contributed by atoms with van der Waals surface area (Å²) in [7, 11) is 1.67. The Labute approximate surface area is 119 Å². The molecule has 1 aromatic rings. The minimum absolute atomic E-state index is 0.220. The first-order chi connectivity index (χ1) is 9.48. The monoisotopic (exact) mass is 280 g/mol. The number of benzene rings is 1. The summed E-state index contributed by atoms with van der Waals surface area (Å²) in [4.78, 5) is 0. The Balaban J connectivity index is 2.59. The van der Waals surface area contributed by atoms with Crippen LogP contribution in [0.4, 0.5) is 4.39 Å². The lowest BCUT2D eigenvalue weighted by molar-refractivity contribution is -0.0124. The van der Waals surface area contributed by atoms with Gasteiger partial charge in [0.25, 0.3) is 0 Å². The predicted octanol–water partition coefficient (Wildman–Crippen LogP) is 2.50. The Morgan fingerprint density at radius 1 is 1.35 bits per heavy atom. The molecule has 0 unspecified atom stereocenters. The van der Waals surface area contributed by atoms with E-state index in [1.165, 1.54) is 12.1 Å². The molecule has 1 N–H and O–H groups in total. The summed E-state index contributed by atoms with van der Waals surface area (Å²) in [5, 5.41) is 8.71. The lowest BCUT2D eigenvalue weighted by atomic mass is 10.1. The van der Waals surface area contributed by atoms with Crippen molar-refractivity contribution in [2.24, 2.45) is 0 Å². The average Bonchev–Trinajstić information content (AvgIpc) is 2.43. The molecule has 0 heterocycles. The van der Waals surface area contributed by atoms with Gasteiger partial charge in [-0.25, -0.2) is 4.39 Å². The number of aliphatic hydroxyl groups excluding tert-OH is 1. The third-order valence-electron chi connectivity index (χ3n) is 3.03. The molecule has 0 amide bonds. The lowest BCUT2D eigenvalue weighted by Crippen LogP contribution is -2.24. The standard InChI is InChI=1S/C16H21FO3/c1-16(2,19-3)8-10-20-12-14-6-7-15(17)11-13(14)5-4-9-18/h6-7,11,18H,8-10,12H2,1-3H3. The van der Waals surface area contributed by atoms with Crippen molar-refractivity contribution in [2.45, 2.75) is 32.5 Å². The maximum atomic E-state index is 13.2. The van der Waals surface area contributed by atoms with E-state index >= 15 is 0 Å². The van der Waals surface area contributed by atoms with Crippen LogP contribution < -0.4 is 0 Å². The summed E-state index contributed by atoms with van der Waals surface area (Å²) in [6.07, 6.45) is 0.766. The molecule has 0 bridgehead atoms. The van der Waals surface area contributed by atoms with Crippen LogP contribution in [-0.2, 0) is 16.1 Å². The van der Waals surface area contributed by atoms with Crippen molar-refractivity contribution in [2.75, 3.05) is 20.3 Å². The zero-order chi connectivity index (χ0) is 15.0. The Kier molecular flexibility index (Phi) is 6.66. The Bertz CT molecular complexity index is 486. The summed E-state index contributed by atoms with van der Waals surface area (Å²) >= 11 is 0. The van der Waals surface area contributed by atoms with E-state index in [-0.39, 0.29) is 18.0 Å². The zero-order valence-electron chi connectivity index (χ0n) is 12.2. The lowest BCUT2D eigenvalue weighted by Gasteiger charge is -2.22. The van der Waals surface area contributed by atoms with E-state index in [9.17, 15) is 4.39 Å². The molecule has 0 fully saturated rings. The molecule has 0 spiro atoms. The third-order valence-corrected chi connectivity index (χ3v) is 3.03. The summed E-state index contributed by atoms with van der Waals surface area (Å²) in [5.41, 5.74) is 1.13. The highest BCUT2D eigenvalue weighted by Crippen LogP contribution is 2.15. The van der Waals surface area contributed by atoms with Gasteiger partial charge in [0.05, 0.1) is 12.2 Å². The number of hydrogen-bond acceptors (Lipinski definition) is 3. The van der Waals surface area contributed by atoms with Crippen LogP contribution in [0.1, 0.15) is 31.4 Å². The molecular weight excluding hydrogens is 259 g/mol. The van der Waals surface area contributed by atoms with Crippen LogP contribution in [0.15, 0.2) is 18.2 Å². The number of aliphatic hydroxyl groups is 1. The summed E-state index contributed by atoms with van der Waals surface area (Å²) in [5.74, 6) is 4.90. The highest BCUT2D eigenvalue weighted by Gasteiger charge is 2.15. The van der Waals surface area contributed by atoms with E-state index in [4.69, 9.17) is 14.6 Å². The quantitative estimate of drug-likeness (QED) is 0.643. The molecular formula is C16H21FO3. The number of ether oxygens (including phenoxy) is 2. The molecule has 0 aliphatic carbocycles. The van der Waals surface area contributed by atoms with Crippen LogP contribution in [0, 0.1) is 17.7 Å². The molecule has 1 rings (SSSR count). The van der Waals surface area contributed by atoms with E-state index in [0.29, 0.717) is 18.8 Å². The van der Waals surface area contributed by atoms with Gasteiger partial charge in [0.15, 0.2) is 0 Å². The highest BCUT2D eigenvalue weighted by molar-refractivity contribution is 5.41. The molecule has 0 aromatic heterocycles. The minimum atomic E-state index is -0.350. The van der Waals surface area contributed by atoms with Crippen LogP contribution in [0.25, 0.3) is 0 Å². The number of methoxy groups -OCH3 is 1. The van der Waals surface area contributed by atoms with Crippen LogP contribution in [0.2, 0.25) is 0 Å². The summed E-state index contributed by atoms with van der Waals surface area (Å²) in [6.45, 7) is 4.64. The van der Waals surface area contributed by atoms with Crippen molar-refractivity contribution in [1.82, 2.24) is 0 Å². The average molecular weight is 280 g/mol. The van der Waals surface area contributed by atoms with E-state index in [1.807, 2.05) is 13.8 Å². The molecule has 1 aromatic carbocycles. The van der Waals surface area contributed by atoms with Gasteiger partial charge in [-0.2, -0.15) is 0 Å². The fraction of sp³-hybridized carbons (Fsp3) is 0.500. The van der Waals surface area contributed by atoms with Gasteiger partial charge >= 0.3 is 0 Å². The van der Waals surface area contributed by atoms with Crippen LogP contribution in [0.5, 0.6) is 0 Å². The second kappa shape index (κ2) is 8.01. The Hall–Kier alpha value is -1.41. The highest BCUT2D eigenvalue weighted by atomic mass is 19.1. The normalized spacial score (nSPS) is 11.1. The van der Waals surface area contributed by atoms with Gasteiger partial charge in [-0.1, -0.05) is 17.9 Å². The second-order valence-corrected chi connectivity index (χ2v) is 5.03. The van der Waals surface area contributed by atoms with Crippen molar-refractivity contribution in [3.63, 3.8) is 0 Å². The molecule has 0 radical (unpaired) electrons. The zero-order valence-corrected chi connectivity index (χ0v) is 12.2. The summed E-state index contributed by atoms with van der Waals surface area (Å²) < 4.78 is 24.1. The Morgan fingerprint density at radius 2 is 2.10 bits per heavy atom. The van der Waals surface area contributed by atoms with Crippen molar-refractivity contribution in [3.8, 4) is 11.8 Å². The number of rotatable bonds is 6. The van der Waals surface area contributed by atoms with E-state index in [1.54, 1.807) is 13.2 Å². The van der Waals surface area contributed by atoms with Gasteiger partial charge in [-0.15, -0.1) is 0 Å². The Morgan fingerprint density at radius 3 is 2.75 bits per heavy atom. The first-order valence-electron chi connectivity index (χ1n) is 6.49. The fourth-order valence-electron chi connectivity index (χ4n) is 1.53. The number of halogens is 1. The van der Waals surface area contributed by atoms with E-state index < -0.39 is 0 Å². The SMILES string of the molecule is COC(C)(C)CCOCc1ccc(F)cc1C#CCO. The maximum absolute atomic E-state index is 13.2. The van der Waals surface area contributed by atoms with E-state index in [0.717, 1.165) is 12.0 Å². The molecule has 0 aliphatic rings. The van der Waals surface area contributed by atoms with Crippen molar-refractivity contribution in [1.29, 1.82) is 0 Å². The summed E-state index contributed by atoms with van der Waals surface area (Å²) in [6, 6.07) is 4.38. The molecule has 3 nitrogen and oxygen atoms in total. The second-order valence-electron chi connectivity index (χ2n) is 5.03. The topological polar surface area (TPSA) is 38.7 Å². The molecule has 0 saturated carbocycles. The molecule has 20 heavy (non-hydrogen) atoms. The predicted molar refractivity (Wildman–Crippen MR) is 75.7 cm³/mol. The van der Waals surface area contributed by atoms with Gasteiger partial charge in [0.1, 0.15) is 12.4 Å². The van der Waals surface area contributed by atoms with Crippen LogP contribution in [-0.4, -0.2) is 31.0 Å². The van der Waals surface area contributed by atoms with Crippen molar-refractivity contribution < 1.29 is 19.0 Å². The molecule has 0 saturated heterocycles. The molecule has 0 atom stereocenters. The van der Waals surface area contributed by atoms with Gasteiger partial charge in [-0.3, -0.25) is 0 Å². The fourth-order valence-corrected chi connectivity index (χ4v) is 1.53. The van der Waals surface area contributed by atoms with Gasteiger partial charge in [0, 0.05) is 19.3 Å². The smallest absolute Gasteiger partial charge is 0.124 e. The van der Waals surface area contributed by atoms with Gasteiger partial charge in [-0.05, 0) is 38.0 Å². The van der Waals surface area contributed by atoms with Crippen molar-refractivity contribution in [3.05, 3.63) is 35.1 Å².